The van der Waals surface area contributed by atoms with E-state index in [2.05, 4.69) is 5.32 Å². The number of ether oxygens (including phenoxy) is 1. The van der Waals surface area contributed by atoms with Gasteiger partial charge < -0.3 is 15.2 Å². The lowest BCUT2D eigenvalue weighted by Crippen LogP contribution is -2.01. The number of nitrogens with one attached hydrogen (secondary N) is 1. The maximum atomic E-state index is 13.3. The van der Waals surface area contributed by atoms with E-state index in [1.807, 2.05) is 0 Å². The Morgan fingerprint density at radius 1 is 1.25 bits per heavy atom. The smallest absolute Gasteiger partial charge is 0.165 e. The lowest BCUT2D eigenvalue weighted by molar-refractivity contribution is 0.387. The van der Waals surface area contributed by atoms with E-state index in [0.717, 1.165) is 0 Å². The fourth-order valence-corrected chi connectivity index (χ4v) is 2.26. The van der Waals surface area contributed by atoms with Crippen molar-refractivity contribution in [1.82, 2.24) is 0 Å². The Hall–Kier alpha value is -1.65. The molecule has 2 N–H and O–H groups in total. The van der Waals surface area contributed by atoms with Crippen molar-refractivity contribution in [3.05, 3.63) is 51.8 Å². The molecule has 2 rings (SSSR count). The maximum absolute atomic E-state index is 13.3. The molecule has 0 aliphatic carbocycles. The van der Waals surface area contributed by atoms with Gasteiger partial charge in [0.15, 0.2) is 11.6 Å². The van der Waals surface area contributed by atoms with Crippen LogP contribution >= 0.6 is 23.2 Å². The molecule has 0 heterocycles. The molecule has 2 aromatic rings. The first kappa shape index (κ1) is 14.8. The van der Waals surface area contributed by atoms with Crippen LogP contribution in [0, 0.1) is 5.82 Å². The third-order valence-corrected chi connectivity index (χ3v) is 3.25. The van der Waals surface area contributed by atoms with Crippen LogP contribution in [-0.4, -0.2) is 12.2 Å². The van der Waals surface area contributed by atoms with Crippen molar-refractivity contribution in [1.29, 1.82) is 0 Å². The van der Waals surface area contributed by atoms with Crippen molar-refractivity contribution >= 4 is 28.9 Å². The molecular formula is C14H12Cl2FNO2. The number of methoxy groups -OCH3 is 1. The normalized spacial score (nSPS) is 10.4. The molecule has 20 heavy (non-hydrogen) atoms. The highest BCUT2D eigenvalue weighted by molar-refractivity contribution is 6.35. The number of phenols is 1. The molecule has 0 saturated heterocycles. The van der Waals surface area contributed by atoms with Gasteiger partial charge >= 0.3 is 0 Å². The Kier molecular flexibility index (Phi) is 4.57. The van der Waals surface area contributed by atoms with Crippen LogP contribution in [0.25, 0.3) is 0 Å². The standard InChI is InChI=1S/C14H12Cl2FNO2/c1-20-13-6-10(2-3-12(13)17)18-7-8-4-9(15)5-11(16)14(8)19/h2-6,18-19H,7H2,1H3. The summed E-state index contributed by atoms with van der Waals surface area (Å²) in [6.07, 6.45) is 0. The second-order valence-corrected chi connectivity index (χ2v) is 4.94. The Balaban J connectivity index is 2.17. The molecule has 0 aromatic heterocycles. The van der Waals surface area contributed by atoms with Gasteiger partial charge in [0.05, 0.1) is 12.1 Å². The van der Waals surface area contributed by atoms with E-state index in [9.17, 15) is 9.50 Å². The average molecular weight is 316 g/mol. The topological polar surface area (TPSA) is 41.5 Å². The SMILES string of the molecule is COc1cc(NCc2cc(Cl)cc(Cl)c2O)ccc1F. The zero-order chi connectivity index (χ0) is 14.7. The van der Waals surface area contributed by atoms with Crippen molar-refractivity contribution in [3.63, 3.8) is 0 Å². The minimum absolute atomic E-state index is 0.0300. The predicted molar refractivity (Wildman–Crippen MR) is 78.4 cm³/mol. The summed E-state index contributed by atoms with van der Waals surface area (Å²) in [5.74, 6) is -0.326. The highest BCUT2D eigenvalue weighted by atomic mass is 35.5. The Bertz CT molecular complexity index is 635. The quantitative estimate of drug-likeness (QED) is 0.875. The van der Waals surface area contributed by atoms with Gasteiger partial charge in [-0.25, -0.2) is 4.39 Å². The first-order valence-corrected chi connectivity index (χ1v) is 6.51. The largest absolute Gasteiger partial charge is 0.506 e. The van der Waals surface area contributed by atoms with Gasteiger partial charge in [-0.15, -0.1) is 0 Å². The van der Waals surface area contributed by atoms with Crippen molar-refractivity contribution in [2.45, 2.75) is 6.54 Å². The lowest BCUT2D eigenvalue weighted by Gasteiger charge is -2.11. The molecule has 0 aliphatic heterocycles. The molecule has 0 amide bonds. The van der Waals surface area contributed by atoms with Gasteiger partial charge in [0.25, 0.3) is 0 Å². The van der Waals surface area contributed by atoms with Gasteiger partial charge in [-0.3, -0.25) is 0 Å². The van der Waals surface area contributed by atoms with Gasteiger partial charge in [0.2, 0.25) is 0 Å². The summed E-state index contributed by atoms with van der Waals surface area (Å²) in [4.78, 5) is 0. The van der Waals surface area contributed by atoms with Crippen molar-refractivity contribution in [2.24, 2.45) is 0 Å². The number of aromatic hydroxyl groups is 1. The molecule has 3 nitrogen and oxygen atoms in total. The molecule has 0 saturated carbocycles. The molecule has 0 radical (unpaired) electrons. The van der Waals surface area contributed by atoms with Crippen molar-refractivity contribution in [2.75, 3.05) is 12.4 Å². The highest BCUT2D eigenvalue weighted by Gasteiger charge is 2.09. The van der Waals surface area contributed by atoms with E-state index in [0.29, 0.717) is 22.8 Å². The van der Waals surface area contributed by atoms with E-state index in [4.69, 9.17) is 27.9 Å². The number of halogens is 3. The summed E-state index contributed by atoms with van der Waals surface area (Å²) < 4.78 is 18.2. The zero-order valence-electron chi connectivity index (χ0n) is 10.6. The van der Waals surface area contributed by atoms with Gasteiger partial charge in [-0.1, -0.05) is 23.2 Å². The van der Waals surface area contributed by atoms with Crippen LogP contribution in [0.5, 0.6) is 11.5 Å². The zero-order valence-corrected chi connectivity index (χ0v) is 12.1. The summed E-state index contributed by atoms with van der Waals surface area (Å²) in [6.45, 7) is 0.293. The molecule has 106 valence electrons. The summed E-state index contributed by atoms with van der Waals surface area (Å²) in [6, 6.07) is 7.46. The van der Waals surface area contributed by atoms with Crippen molar-refractivity contribution < 1.29 is 14.2 Å². The number of rotatable bonds is 4. The average Bonchev–Trinajstić information content (AvgIpc) is 2.42. The third-order valence-electron chi connectivity index (χ3n) is 2.74. The van der Waals surface area contributed by atoms with Crippen LogP contribution in [0.4, 0.5) is 10.1 Å². The molecule has 2 aromatic carbocycles. The number of benzene rings is 2. The van der Waals surface area contributed by atoms with Crippen LogP contribution in [-0.2, 0) is 6.54 Å². The van der Waals surface area contributed by atoms with E-state index in [-0.39, 0.29) is 16.5 Å². The van der Waals surface area contributed by atoms with Gasteiger partial charge in [0.1, 0.15) is 5.75 Å². The number of phenolic OH excluding ortho intramolecular Hbond substituents is 1. The van der Waals surface area contributed by atoms with Gasteiger partial charge in [0, 0.05) is 28.9 Å². The Morgan fingerprint density at radius 2 is 2.00 bits per heavy atom. The van der Waals surface area contributed by atoms with E-state index >= 15 is 0 Å². The van der Waals surface area contributed by atoms with E-state index < -0.39 is 5.82 Å². The highest BCUT2D eigenvalue weighted by Crippen LogP contribution is 2.32. The summed E-state index contributed by atoms with van der Waals surface area (Å²) >= 11 is 11.7. The minimum Gasteiger partial charge on any atom is -0.506 e. The number of hydrogen-bond donors (Lipinski definition) is 2. The monoisotopic (exact) mass is 315 g/mol. The molecule has 0 spiro atoms. The fourth-order valence-electron chi connectivity index (χ4n) is 1.72. The van der Waals surface area contributed by atoms with Crippen LogP contribution in [0.2, 0.25) is 10.0 Å². The summed E-state index contributed by atoms with van der Waals surface area (Å²) in [5.41, 5.74) is 1.20. The molecule has 0 bridgehead atoms. The second kappa shape index (κ2) is 6.20. The molecule has 0 aliphatic rings. The molecule has 0 fully saturated rings. The lowest BCUT2D eigenvalue weighted by atomic mass is 10.2. The number of hydrogen-bond acceptors (Lipinski definition) is 3. The molecule has 6 heteroatoms. The first-order valence-electron chi connectivity index (χ1n) is 5.75. The second-order valence-electron chi connectivity index (χ2n) is 4.10. The molecular weight excluding hydrogens is 304 g/mol. The molecule has 0 atom stereocenters. The molecule has 0 unspecified atom stereocenters. The fraction of sp³-hybridized carbons (Fsp3) is 0.143. The van der Waals surface area contributed by atoms with Crippen LogP contribution < -0.4 is 10.1 Å². The van der Waals surface area contributed by atoms with Gasteiger partial charge in [-0.05, 0) is 24.3 Å². The van der Waals surface area contributed by atoms with Crippen molar-refractivity contribution in [3.8, 4) is 11.5 Å². The number of anilines is 1. The van der Waals surface area contributed by atoms with Crippen LogP contribution in [0.3, 0.4) is 0 Å². The predicted octanol–water partition coefficient (Wildman–Crippen LogP) is 4.46. The van der Waals surface area contributed by atoms with Crippen LogP contribution in [0.15, 0.2) is 30.3 Å². The van der Waals surface area contributed by atoms with E-state index in [1.54, 1.807) is 12.1 Å². The van der Waals surface area contributed by atoms with Gasteiger partial charge in [-0.2, -0.15) is 0 Å². The summed E-state index contributed by atoms with van der Waals surface area (Å²) in [7, 11) is 1.39. The third kappa shape index (κ3) is 3.26. The summed E-state index contributed by atoms with van der Waals surface area (Å²) in [5, 5.41) is 13.5. The minimum atomic E-state index is -0.438. The van der Waals surface area contributed by atoms with E-state index in [1.165, 1.54) is 25.3 Å². The Morgan fingerprint density at radius 3 is 2.70 bits per heavy atom. The first-order chi connectivity index (χ1) is 9.51. The Labute approximate surface area is 125 Å². The maximum Gasteiger partial charge on any atom is 0.165 e. The van der Waals surface area contributed by atoms with Crippen LogP contribution in [0.1, 0.15) is 5.56 Å².